The number of aromatic nitrogens is 1. The fraction of sp³-hybridized carbons (Fsp3) is 0.154. The molecule has 0 amide bonds. The molecule has 0 saturated heterocycles. The second-order valence-corrected chi connectivity index (χ2v) is 3.96. The van der Waals surface area contributed by atoms with Crippen molar-refractivity contribution in [2.75, 3.05) is 0 Å². The number of aryl methyl sites for hydroxylation is 1. The van der Waals surface area contributed by atoms with Crippen LogP contribution >= 0.6 is 0 Å². The van der Waals surface area contributed by atoms with Gasteiger partial charge in [0.25, 0.3) is 0 Å². The van der Waals surface area contributed by atoms with Crippen molar-refractivity contribution >= 4 is 0 Å². The molecule has 19 heavy (non-hydrogen) atoms. The van der Waals surface area contributed by atoms with Crippen LogP contribution in [0.15, 0.2) is 41.2 Å². The molecule has 3 nitrogen and oxygen atoms in total. The van der Waals surface area contributed by atoms with E-state index >= 15 is 0 Å². The van der Waals surface area contributed by atoms with Crippen LogP contribution < -0.4 is 10.3 Å². The zero-order valence-electron chi connectivity index (χ0n) is 9.91. The van der Waals surface area contributed by atoms with Gasteiger partial charge < -0.3 is 9.72 Å². The zero-order chi connectivity index (χ0) is 14.0. The van der Waals surface area contributed by atoms with E-state index in [0.717, 1.165) is 0 Å². The number of aromatic amines is 1. The van der Waals surface area contributed by atoms with Crippen LogP contribution in [0.3, 0.4) is 0 Å². The molecule has 0 spiro atoms. The average Bonchev–Trinajstić information content (AvgIpc) is 2.26. The lowest BCUT2D eigenvalue weighted by Crippen LogP contribution is -2.17. The van der Waals surface area contributed by atoms with E-state index in [4.69, 9.17) is 0 Å². The van der Waals surface area contributed by atoms with E-state index in [9.17, 15) is 18.0 Å². The molecule has 0 aliphatic heterocycles. The van der Waals surface area contributed by atoms with Gasteiger partial charge in [0, 0.05) is 17.3 Å². The van der Waals surface area contributed by atoms with E-state index in [1.54, 1.807) is 19.1 Å². The average molecular weight is 269 g/mol. The van der Waals surface area contributed by atoms with Crippen LogP contribution in [0.4, 0.5) is 13.2 Å². The molecule has 0 atom stereocenters. The summed E-state index contributed by atoms with van der Waals surface area (Å²) in [6, 6.07) is 8.50. The van der Waals surface area contributed by atoms with Crippen LogP contribution in [0.2, 0.25) is 0 Å². The molecular weight excluding hydrogens is 259 g/mol. The largest absolute Gasteiger partial charge is 0.573 e. The van der Waals surface area contributed by atoms with Crippen molar-refractivity contribution in [2.45, 2.75) is 13.3 Å². The third kappa shape index (κ3) is 3.37. The summed E-state index contributed by atoms with van der Waals surface area (Å²) in [5, 5.41) is 0. The van der Waals surface area contributed by atoms with Gasteiger partial charge in [0.15, 0.2) is 0 Å². The van der Waals surface area contributed by atoms with Crippen molar-refractivity contribution in [3.05, 3.63) is 52.4 Å². The lowest BCUT2D eigenvalue weighted by atomic mass is 10.1. The van der Waals surface area contributed by atoms with Gasteiger partial charge in [0.1, 0.15) is 5.75 Å². The molecule has 0 aliphatic rings. The monoisotopic (exact) mass is 269 g/mol. The van der Waals surface area contributed by atoms with E-state index in [1.165, 1.54) is 24.3 Å². The van der Waals surface area contributed by atoms with Gasteiger partial charge in [-0.15, -0.1) is 13.2 Å². The first-order valence-electron chi connectivity index (χ1n) is 5.41. The van der Waals surface area contributed by atoms with E-state index in [1.807, 2.05) is 0 Å². The Bertz CT molecular complexity index is 647. The normalized spacial score (nSPS) is 11.4. The Morgan fingerprint density at radius 1 is 1.16 bits per heavy atom. The summed E-state index contributed by atoms with van der Waals surface area (Å²) in [6.07, 6.45) is -4.77. The molecule has 0 aliphatic carbocycles. The third-order valence-corrected chi connectivity index (χ3v) is 2.40. The van der Waals surface area contributed by atoms with Crippen molar-refractivity contribution in [1.29, 1.82) is 0 Å². The predicted molar refractivity (Wildman–Crippen MR) is 63.9 cm³/mol. The smallest absolute Gasteiger partial charge is 0.405 e. The van der Waals surface area contributed by atoms with Crippen molar-refractivity contribution < 1.29 is 17.9 Å². The molecular formula is C13H10F3NO2. The second-order valence-electron chi connectivity index (χ2n) is 3.96. The molecule has 0 bridgehead atoms. The Morgan fingerprint density at radius 2 is 1.84 bits per heavy atom. The minimum Gasteiger partial charge on any atom is -0.405 e. The molecule has 6 heteroatoms. The van der Waals surface area contributed by atoms with Crippen LogP contribution in [-0.2, 0) is 0 Å². The number of para-hydroxylation sites is 1. The van der Waals surface area contributed by atoms with Gasteiger partial charge in [-0.25, -0.2) is 0 Å². The number of pyridine rings is 1. The van der Waals surface area contributed by atoms with Crippen LogP contribution in [0.25, 0.3) is 11.1 Å². The minimum absolute atomic E-state index is 0.217. The number of hydrogen-bond acceptors (Lipinski definition) is 2. The summed E-state index contributed by atoms with van der Waals surface area (Å²) in [5.41, 5.74) is 0.774. The SMILES string of the molecule is Cc1cc(-c2ccccc2OC(F)(F)F)cc(=O)[nH]1. The number of hydrogen-bond donors (Lipinski definition) is 1. The molecule has 1 aromatic heterocycles. The highest BCUT2D eigenvalue weighted by molar-refractivity contribution is 5.70. The Kier molecular flexibility index (Phi) is 3.33. The number of halogens is 3. The number of ether oxygens (including phenoxy) is 1. The fourth-order valence-corrected chi connectivity index (χ4v) is 1.76. The van der Waals surface area contributed by atoms with Crippen LogP contribution in [0.1, 0.15) is 5.69 Å². The van der Waals surface area contributed by atoms with Crippen molar-refractivity contribution in [1.82, 2.24) is 4.98 Å². The summed E-state index contributed by atoms with van der Waals surface area (Å²) >= 11 is 0. The first kappa shape index (κ1) is 13.2. The molecule has 2 rings (SSSR count). The van der Waals surface area contributed by atoms with E-state index < -0.39 is 6.36 Å². The Morgan fingerprint density at radius 3 is 2.47 bits per heavy atom. The van der Waals surface area contributed by atoms with Gasteiger partial charge in [-0.2, -0.15) is 0 Å². The minimum atomic E-state index is -4.77. The van der Waals surface area contributed by atoms with E-state index in [2.05, 4.69) is 9.72 Å². The standard InChI is InChI=1S/C13H10F3NO2/c1-8-6-9(7-12(18)17-8)10-4-2-3-5-11(10)19-13(14,15)16/h2-7H,1H3,(H,17,18). The molecule has 0 fully saturated rings. The second kappa shape index (κ2) is 4.79. The molecule has 0 saturated carbocycles. The van der Waals surface area contributed by atoms with Gasteiger partial charge in [0.05, 0.1) is 0 Å². The topological polar surface area (TPSA) is 42.1 Å². The van der Waals surface area contributed by atoms with Crippen molar-refractivity contribution in [3.63, 3.8) is 0 Å². The quantitative estimate of drug-likeness (QED) is 0.909. The number of H-pyrrole nitrogens is 1. The molecule has 2 aromatic rings. The van der Waals surface area contributed by atoms with Gasteiger partial charge >= 0.3 is 6.36 Å². The van der Waals surface area contributed by atoms with Crippen LogP contribution in [-0.4, -0.2) is 11.3 Å². The Labute approximate surface area is 106 Å². The number of alkyl halides is 3. The third-order valence-electron chi connectivity index (χ3n) is 2.40. The van der Waals surface area contributed by atoms with Crippen molar-refractivity contribution in [3.8, 4) is 16.9 Å². The maximum absolute atomic E-state index is 12.3. The summed E-state index contributed by atoms with van der Waals surface area (Å²) in [4.78, 5) is 13.9. The highest BCUT2D eigenvalue weighted by Gasteiger charge is 2.32. The van der Waals surface area contributed by atoms with Gasteiger partial charge in [0.2, 0.25) is 5.56 Å². The van der Waals surface area contributed by atoms with E-state index in [-0.39, 0.29) is 16.9 Å². The maximum atomic E-state index is 12.3. The summed E-state index contributed by atoms with van der Waals surface area (Å²) < 4.78 is 40.9. The zero-order valence-corrected chi connectivity index (χ0v) is 9.91. The number of nitrogens with one attached hydrogen (secondary N) is 1. The summed E-state index contributed by atoms with van der Waals surface area (Å²) in [7, 11) is 0. The van der Waals surface area contributed by atoms with E-state index in [0.29, 0.717) is 11.3 Å². The molecule has 100 valence electrons. The van der Waals surface area contributed by atoms with Crippen molar-refractivity contribution in [2.24, 2.45) is 0 Å². The first-order valence-corrected chi connectivity index (χ1v) is 5.41. The molecule has 1 heterocycles. The number of rotatable bonds is 2. The van der Waals surface area contributed by atoms with Gasteiger partial charge in [-0.3, -0.25) is 4.79 Å². The number of benzene rings is 1. The summed E-state index contributed by atoms with van der Waals surface area (Å²) in [5.74, 6) is -0.333. The fourth-order valence-electron chi connectivity index (χ4n) is 1.76. The molecule has 1 aromatic carbocycles. The lowest BCUT2D eigenvalue weighted by molar-refractivity contribution is -0.274. The molecule has 1 N–H and O–H groups in total. The highest BCUT2D eigenvalue weighted by Crippen LogP contribution is 2.33. The van der Waals surface area contributed by atoms with Crippen LogP contribution in [0.5, 0.6) is 5.75 Å². The predicted octanol–water partition coefficient (Wildman–Crippen LogP) is 3.25. The highest BCUT2D eigenvalue weighted by atomic mass is 19.4. The Balaban J connectivity index is 2.53. The Hall–Kier alpha value is -2.24. The summed E-state index contributed by atoms with van der Waals surface area (Å²) in [6.45, 7) is 1.65. The molecule has 0 unspecified atom stereocenters. The first-order chi connectivity index (χ1) is 8.85. The molecule has 0 radical (unpaired) electrons. The van der Waals surface area contributed by atoms with Gasteiger partial charge in [-0.1, -0.05) is 18.2 Å². The lowest BCUT2D eigenvalue weighted by Gasteiger charge is -2.13. The van der Waals surface area contributed by atoms with Crippen LogP contribution in [0, 0.1) is 6.92 Å². The van der Waals surface area contributed by atoms with Gasteiger partial charge in [-0.05, 0) is 24.6 Å². The maximum Gasteiger partial charge on any atom is 0.573 e.